The van der Waals surface area contributed by atoms with Crippen molar-refractivity contribution in [3.63, 3.8) is 0 Å². The number of hydrogen-bond acceptors (Lipinski definition) is 2. The molecule has 0 amide bonds. The molecule has 4 fully saturated rings. The minimum absolute atomic E-state index is 0.506. The normalized spacial score (nSPS) is 38.8. The van der Waals surface area contributed by atoms with Gasteiger partial charge >= 0.3 is 0 Å². The fraction of sp³-hybridized carbons (Fsp3) is 0.950. The van der Waals surface area contributed by atoms with Gasteiger partial charge in [0.05, 0.1) is 11.6 Å². The Morgan fingerprint density at radius 2 is 1.68 bits per heavy atom. The van der Waals surface area contributed by atoms with E-state index in [9.17, 15) is 5.11 Å². The first-order chi connectivity index (χ1) is 10.4. The third-order valence-electron chi connectivity index (χ3n) is 6.45. The van der Waals surface area contributed by atoms with Crippen LogP contribution in [0.1, 0.15) is 78.6 Å². The first-order valence-electron chi connectivity index (χ1n) is 9.64. The number of hydrogen-bond donors (Lipinski definition) is 1. The predicted octanol–water partition coefficient (Wildman–Crippen LogP) is 4.85. The van der Waals surface area contributed by atoms with E-state index in [-0.39, 0.29) is 0 Å². The Morgan fingerprint density at radius 3 is 2.23 bits per heavy atom. The number of nitrogens with zero attached hydrogens (tertiary/aromatic N) is 1. The Kier molecular flexibility index (Phi) is 4.97. The number of aliphatic imine (C=N–C) groups is 1. The molecule has 1 unspecified atom stereocenters. The zero-order valence-electron chi connectivity index (χ0n) is 14.8. The minimum atomic E-state index is -0.506. The summed E-state index contributed by atoms with van der Waals surface area (Å²) in [6, 6.07) is 0.663. The van der Waals surface area contributed by atoms with E-state index >= 15 is 0 Å². The molecule has 0 aromatic carbocycles. The molecule has 4 rings (SSSR count). The molecule has 4 aliphatic rings. The van der Waals surface area contributed by atoms with Gasteiger partial charge in [-0.05, 0) is 94.6 Å². The van der Waals surface area contributed by atoms with Gasteiger partial charge in [-0.3, -0.25) is 4.99 Å². The average molecular weight is 306 g/mol. The van der Waals surface area contributed by atoms with E-state index in [2.05, 4.69) is 13.1 Å². The van der Waals surface area contributed by atoms with Gasteiger partial charge in [0.15, 0.2) is 0 Å². The molecule has 0 aliphatic heterocycles. The Labute approximate surface area is 136 Å². The maximum absolute atomic E-state index is 9.77. The predicted molar refractivity (Wildman–Crippen MR) is 93.3 cm³/mol. The van der Waals surface area contributed by atoms with Crippen molar-refractivity contribution in [1.82, 2.24) is 0 Å². The summed E-state index contributed by atoms with van der Waals surface area (Å²) in [5, 5.41) is 9.77. The van der Waals surface area contributed by atoms with Crippen molar-refractivity contribution in [2.45, 2.75) is 90.2 Å². The van der Waals surface area contributed by atoms with Gasteiger partial charge in [0.2, 0.25) is 0 Å². The van der Waals surface area contributed by atoms with Gasteiger partial charge in [-0.25, -0.2) is 0 Å². The Hall–Kier alpha value is -0.370. The summed E-state index contributed by atoms with van der Waals surface area (Å²) >= 11 is 0. The zero-order valence-corrected chi connectivity index (χ0v) is 14.8. The highest BCUT2D eigenvalue weighted by atomic mass is 16.3. The standard InChI is InChI=1S/C20H35NO/c1-14(5-4-7-20(2,3)22)6-8-21-19-17-10-15-9-16(12-17)13-18(19)11-15/h8,14-19,22H,4-7,9-13H2,1-3H3. The molecule has 4 saturated carbocycles. The van der Waals surface area contributed by atoms with Crippen LogP contribution < -0.4 is 0 Å². The second kappa shape index (κ2) is 6.63. The summed E-state index contributed by atoms with van der Waals surface area (Å²) in [5.74, 6) is 4.63. The Morgan fingerprint density at radius 1 is 1.09 bits per heavy atom. The van der Waals surface area contributed by atoms with Crippen LogP contribution in [-0.2, 0) is 0 Å². The highest BCUT2D eigenvalue weighted by Crippen LogP contribution is 2.54. The van der Waals surface area contributed by atoms with Gasteiger partial charge in [0, 0.05) is 0 Å². The van der Waals surface area contributed by atoms with Crippen LogP contribution in [0.2, 0.25) is 0 Å². The first kappa shape index (κ1) is 16.5. The van der Waals surface area contributed by atoms with E-state index in [1.807, 2.05) is 13.8 Å². The van der Waals surface area contributed by atoms with Crippen LogP contribution in [0.3, 0.4) is 0 Å². The van der Waals surface area contributed by atoms with Gasteiger partial charge < -0.3 is 5.11 Å². The number of aliphatic hydroxyl groups is 1. The lowest BCUT2D eigenvalue weighted by Gasteiger charge is -2.53. The smallest absolute Gasteiger partial charge is 0.0591 e. The van der Waals surface area contributed by atoms with Gasteiger partial charge in [-0.15, -0.1) is 0 Å². The molecule has 0 aromatic heterocycles. The lowest BCUT2D eigenvalue weighted by molar-refractivity contribution is 0.00137. The summed E-state index contributed by atoms with van der Waals surface area (Å²) < 4.78 is 0. The summed E-state index contributed by atoms with van der Waals surface area (Å²) in [6.45, 7) is 6.14. The lowest BCUT2D eigenvalue weighted by atomic mass is 9.54. The van der Waals surface area contributed by atoms with Crippen LogP contribution >= 0.6 is 0 Å². The van der Waals surface area contributed by atoms with Crippen molar-refractivity contribution < 1.29 is 5.11 Å². The lowest BCUT2D eigenvalue weighted by Crippen LogP contribution is -2.47. The molecule has 2 heteroatoms. The molecule has 1 N–H and O–H groups in total. The molecule has 126 valence electrons. The number of rotatable bonds is 7. The molecular formula is C20H35NO. The largest absolute Gasteiger partial charge is 0.390 e. The molecule has 22 heavy (non-hydrogen) atoms. The third kappa shape index (κ3) is 4.13. The van der Waals surface area contributed by atoms with E-state index < -0.39 is 5.60 Å². The maximum Gasteiger partial charge on any atom is 0.0591 e. The van der Waals surface area contributed by atoms with E-state index in [1.165, 1.54) is 38.5 Å². The van der Waals surface area contributed by atoms with E-state index in [0.29, 0.717) is 12.0 Å². The summed E-state index contributed by atoms with van der Waals surface area (Å²) in [7, 11) is 0. The fourth-order valence-corrected chi connectivity index (χ4v) is 5.50. The second-order valence-electron chi connectivity index (χ2n) is 9.30. The van der Waals surface area contributed by atoms with Crippen LogP contribution in [0.25, 0.3) is 0 Å². The molecule has 0 heterocycles. The highest BCUT2D eigenvalue weighted by Gasteiger charge is 2.47. The van der Waals surface area contributed by atoms with Crippen molar-refractivity contribution in [3.8, 4) is 0 Å². The maximum atomic E-state index is 9.77. The summed E-state index contributed by atoms with van der Waals surface area (Å²) in [5.41, 5.74) is -0.506. The molecule has 1 atom stereocenters. The molecule has 0 spiro atoms. The van der Waals surface area contributed by atoms with E-state index in [0.717, 1.165) is 42.9 Å². The van der Waals surface area contributed by atoms with Crippen molar-refractivity contribution in [2.24, 2.45) is 34.6 Å². The van der Waals surface area contributed by atoms with Crippen molar-refractivity contribution in [2.75, 3.05) is 0 Å². The quantitative estimate of drug-likeness (QED) is 0.670. The molecule has 0 radical (unpaired) electrons. The highest BCUT2D eigenvalue weighted by molar-refractivity contribution is 5.58. The Bertz CT molecular complexity index is 367. The fourth-order valence-electron chi connectivity index (χ4n) is 5.50. The van der Waals surface area contributed by atoms with Gasteiger partial charge in [-0.2, -0.15) is 0 Å². The van der Waals surface area contributed by atoms with Crippen molar-refractivity contribution in [1.29, 1.82) is 0 Å². The minimum Gasteiger partial charge on any atom is -0.390 e. The molecule has 4 bridgehead atoms. The van der Waals surface area contributed by atoms with E-state index in [4.69, 9.17) is 4.99 Å². The van der Waals surface area contributed by atoms with E-state index in [1.54, 1.807) is 0 Å². The SMILES string of the molecule is CC(CC=NC1C2CC3CC(C2)CC1C3)CCCC(C)(C)O. The Balaban J connectivity index is 1.41. The molecular weight excluding hydrogens is 270 g/mol. The van der Waals surface area contributed by atoms with Crippen molar-refractivity contribution >= 4 is 6.21 Å². The van der Waals surface area contributed by atoms with Crippen LogP contribution in [-0.4, -0.2) is 23.0 Å². The third-order valence-corrected chi connectivity index (χ3v) is 6.45. The van der Waals surface area contributed by atoms with Gasteiger partial charge in [-0.1, -0.05) is 19.8 Å². The van der Waals surface area contributed by atoms with Crippen LogP contribution in [0.4, 0.5) is 0 Å². The average Bonchev–Trinajstić information content (AvgIpc) is 2.39. The topological polar surface area (TPSA) is 32.6 Å². The monoisotopic (exact) mass is 305 g/mol. The molecule has 4 aliphatic carbocycles. The van der Waals surface area contributed by atoms with Gasteiger partial charge in [0.25, 0.3) is 0 Å². The second-order valence-corrected chi connectivity index (χ2v) is 9.30. The van der Waals surface area contributed by atoms with Crippen LogP contribution in [0, 0.1) is 29.6 Å². The molecule has 2 nitrogen and oxygen atoms in total. The zero-order chi connectivity index (χ0) is 15.7. The molecule has 0 saturated heterocycles. The van der Waals surface area contributed by atoms with Crippen molar-refractivity contribution in [3.05, 3.63) is 0 Å². The summed E-state index contributed by atoms with van der Waals surface area (Å²) in [4.78, 5) is 5.05. The summed E-state index contributed by atoms with van der Waals surface area (Å²) in [6.07, 6.45) is 14.0. The molecule has 0 aromatic rings. The van der Waals surface area contributed by atoms with Gasteiger partial charge in [0.1, 0.15) is 0 Å². The first-order valence-corrected chi connectivity index (χ1v) is 9.64. The van der Waals surface area contributed by atoms with Crippen LogP contribution in [0.5, 0.6) is 0 Å². The van der Waals surface area contributed by atoms with Crippen LogP contribution in [0.15, 0.2) is 4.99 Å².